The summed E-state index contributed by atoms with van der Waals surface area (Å²) in [7, 11) is 0. The van der Waals surface area contributed by atoms with Gasteiger partial charge in [-0.2, -0.15) is 0 Å². The van der Waals surface area contributed by atoms with Gasteiger partial charge in [-0.25, -0.2) is 4.79 Å². The first-order chi connectivity index (χ1) is 14.4. The molecular formula is C23H34CaN2O5. The quantitative estimate of drug-likeness (QED) is 0.430. The van der Waals surface area contributed by atoms with Crippen molar-refractivity contribution in [1.82, 2.24) is 10.2 Å². The monoisotopic (exact) mass is 458 g/mol. The van der Waals surface area contributed by atoms with Crippen LogP contribution < -0.4 is 5.32 Å². The van der Waals surface area contributed by atoms with Crippen LogP contribution in [0.1, 0.15) is 51.5 Å². The molecule has 1 aromatic carbocycles. The number of fused-ring (bicyclic) bond motifs is 1. The molecule has 0 unspecified atom stereocenters. The Kier molecular flexibility index (Phi) is 10.3. The standard InChI is InChI=1S/C23H32N2O5.Ca.2H/c1-3-30-23(29)18(13-12-16-8-5-4-6-9-16)24-15(2)21(26)25-19-11-7-10-17(19)14-20(25)22(27)28;;;/h4-6,8-9,15,17-20,24H,3,7,10-14H2,1-2H3,(H,27,28);;;/t15-,17-,18-,19-,20-;;;/m0.../s1. The van der Waals surface area contributed by atoms with Crippen LogP contribution in [0, 0.1) is 5.92 Å². The van der Waals surface area contributed by atoms with Crippen molar-refractivity contribution in [3.63, 3.8) is 0 Å². The summed E-state index contributed by atoms with van der Waals surface area (Å²) in [5.41, 5.74) is 1.10. The number of benzene rings is 1. The molecule has 1 aliphatic carbocycles. The third-order valence-electron chi connectivity index (χ3n) is 6.33. The summed E-state index contributed by atoms with van der Waals surface area (Å²) in [6, 6.07) is 7.76. The zero-order valence-corrected chi connectivity index (χ0v) is 17.8. The predicted octanol–water partition coefficient (Wildman–Crippen LogP) is 1.47. The van der Waals surface area contributed by atoms with Crippen molar-refractivity contribution in [1.29, 1.82) is 0 Å². The van der Waals surface area contributed by atoms with Crippen molar-refractivity contribution >= 4 is 55.6 Å². The van der Waals surface area contributed by atoms with Gasteiger partial charge >= 0.3 is 49.7 Å². The van der Waals surface area contributed by atoms with Crippen LogP contribution in [0.3, 0.4) is 0 Å². The fourth-order valence-electron chi connectivity index (χ4n) is 4.89. The normalized spacial score (nSPS) is 24.1. The molecule has 3 rings (SSSR count). The molecule has 1 amide bonds. The van der Waals surface area contributed by atoms with Crippen molar-refractivity contribution in [2.24, 2.45) is 5.92 Å². The van der Waals surface area contributed by atoms with E-state index in [4.69, 9.17) is 4.74 Å². The van der Waals surface area contributed by atoms with E-state index < -0.39 is 24.1 Å². The van der Waals surface area contributed by atoms with Crippen LogP contribution in [0.15, 0.2) is 30.3 Å². The number of carbonyl (C=O) groups is 3. The Morgan fingerprint density at radius 2 is 1.94 bits per heavy atom. The number of nitrogens with zero attached hydrogens (tertiary/aromatic N) is 1. The number of hydrogen-bond donors (Lipinski definition) is 2. The van der Waals surface area contributed by atoms with E-state index in [1.807, 2.05) is 30.3 Å². The van der Waals surface area contributed by atoms with Gasteiger partial charge < -0.3 is 14.7 Å². The summed E-state index contributed by atoms with van der Waals surface area (Å²) in [5, 5.41) is 12.8. The molecule has 0 radical (unpaired) electrons. The molecule has 2 N–H and O–H groups in total. The van der Waals surface area contributed by atoms with Gasteiger partial charge in [-0.3, -0.25) is 14.9 Å². The summed E-state index contributed by atoms with van der Waals surface area (Å²) in [6.07, 6.45) is 4.54. The molecule has 1 saturated heterocycles. The van der Waals surface area contributed by atoms with Gasteiger partial charge in [-0.1, -0.05) is 36.8 Å². The Hall–Kier alpha value is -1.15. The average molecular weight is 459 g/mol. The predicted molar refractivity (Wildman–Crippen MR) is 120 cm³/mol. The Bertz CT molecular complexity index is 760. The topological polar surface area (TPSA) is 95.9 Å². The fraction of sp³-hybridized carbons (Fsp3) is 0.609. The second-order valence-electron chi connectivity index (χ2n) is 8.31. The van der Waals surface area contributed by atoms with Crippen molar-refractivity contribution in [2.75, 3.05) is 6.61 Å². The van der Waals surface area contributed by atoms with Crippen molar-refractivity contribution in [2.45, 2.75) is 76.5 Å². The van der Waals surface area contributed by atoms with Crippen LogP contribution in [0.2, 0.25) is 0 Å². The van der Waals surface area contributed by atoms with Gasteiger partial charge in [0, 0.05) is 6.04 Å². The zero-order chi connectivity index (χ0) is 21.7. The minimum atomic E-state index is -0.948. The number of carboxylic acids is 1. The first kappa shape index (κ1) is 26.1. The maximum atomic E-state index is 13.2. The fourth-order valence-corrected chi connectivity index (χ4v) is 4.89. The first-order valence-corrected chi connectivity index (χ1v) is 10.9. The van der Waals surface area contributed by atoms with Crippen molar-refractivity contribution < 1.29 is 24.2 Å². The number of amides is 1. The third kappa shape index (κ3) is 6.44. The number of carbonyl (C=O) groups excluding carboxylic acids is 2. The molecule has 1 heterocycles. The van der Waals surface area contributed by atoms with Gasteiger partial charge in [-0.15, -0.1) is 0 Å². The molecule has 0 aromatic heterocycles. The van der Waals surface area contributed by atoms with E-state index >= 15 is 0 Å². The van der Waals surface area contributed by atoms with Crippen LogP contribution in [0.4, 0.5) is 0 Å². The molecule has 0 spiro atoms. The molecule has 0 bridgehead atoms. The maximum absolute atomic E-state index is 13.2. The van der Waals surface area contributed by atoms with Crippen LogP contribution >= 0.6 is 0 Å². The van der Waals surface area contributed by atoms with Crippen LogP contribution in [0.5, 0.6) is 0 Å². The second kappa shape index (κ2) is 12.2. The summed E-state index contributed by atoms with van der Waals surface area (Å²) in [5.74, 6) is -1.31. The van der Waals surface area contributed by atoms with Gasteiger partial charge in [-0.05, 0) is 57.4 Å². The third-order valence-corrected chi connectivity index (χ3v) is 6.33. The molecule has 8 heteroatoms. The SMILES string of the molecule is CCOC(=O)[C@H](CCc1ccccc1)N[C@@H](C)C(=O)N1[C@H](C(=O)O)C[C@@H]2CCC[C@@H]21.[CaH2]. The minimum absolute atomic E-state index is 0. The Morgan fingerprint density at radius 3 is 2.58 bits per heavy atom. The van der Waals surface area contributed by atoms with Crippen LogP contribution in [-0.4, -0.2) is 96.4 Å². The van der Waals surface area contributed by atoms with Gasteiger partial charge in [0.25, 0.3) is 0 Å². The van der Waals surface area contributed by atoms with Crippen LogP contribution in [-0.2, 0) is 25.5 Å². The molecule has 31 heavy (non-hydrogen) atoms. The van der Waals surface area contributed by atoms with Gasteiger partial charge in [0.1, 0.15) is 12.1 Å². The summed E-state index contributed by atoms with van der Waals surface area (Å²) < 4.78 is 5.21. The van der Waals surface area contributed by atoms with E-state index in [1.54, 1.807) is 18.7 Å². The second-order valence-corrected chi connectivity index (χ2v) is 8.31. The summed E-state index contributed by atoms with van der Waals surface area (Å²) in [6.45, 7) is 3.72. The van der Waals surface area contributed by atoms with Gasteiger partial charge in [0.05, 0.1) is 12.6 Å². The van der Waals surface area contributed by atoms with Crippen molar-refractivity contribution in [3.05, 3.63) is 35.9 Å². The summed E-state index contributed by atoms with van der Waals surface area (Å²) in [4.78, 5) is 39.1. The zero-order valence-electron chi connectivity index (χ0n) is 17.8. The molecule has 1 saturated carbocycles. The number of likely N-dealkylation sites (tertiary alicyclic amines) is 1. The Labute approximate surface area is 213 Å². The number of aliphatic carboxylic acids is 1. The molecule has 168 valence electrons. The molecule has 5 atom stereocenters. The molecule has 2 fully saturated rings. The number of ether oxygens (including phenoxy) is 1. The molecule has 1 aromatic rings. The Morgan fingerprint density at radius 1 is 1.23 bits per heavy atom. The van der Waals surface area contributed by atoms with E-state index in [0.717, 1.165) is 24.8 Å². The van der Waals surface area contributed by atoms with Crippen molar-refractivity contribution in [3.8, 4) is 0 Å². The van der Waals surface area contributed by atoms with Gasteiger partial charge in [0.15, 0.2) is 0 Å². The first-order valence-electron chi connectivity index (χ1n) is 10.9. The summed E-state index contributed by atoms with van der Waals surface area (Å²) >= 11 is 0. The number of aryl methyl sites for hydroxylation is 1. The number of nitrogens with one attached hydrogen (secondary N) is 1. The number of carboxylic acid groups (broad SMARTS) is 1. The number of hydrogen-bond acceptors (Lipinski definition) is 5. The van der Waals surface area contributed by atoms with E-state index in [1.165, 1.54) is 0 Å². The van der Waals surface area contributed by atoms with E-state index in [-0.39, 0.29) is 68.2 Å². The molecule has 2 aliphatic rings. The van der Waals surface area contributed by atoms with Crippen LogP contribution in [0.25, 0.3) is 0 Å². The number of esters is 1. The molecular weight excluding hydrogens is 424 g/mol. The van der Waals surface area contributed by atoms with E-state index in [0.29, 0.717) is 19.3 Å². The number of rotatable bonds is 9. The Balaban J connectivity index is 0.00000341. The van der Waals surface area contributed by atoms with E-state index in [9.17, 15) is 19.5 Å². The molecule has 7 nitrogen and oxygen atoms in total. The van der Waals surface area contributed by atoms with Gasteiger partial charge in [0.2, 0.25) is 5.91 Å². The molecule has 1 aliphatic heterocycles. The average Bonchev–Trinajstić information content (AvgIpc) is 3.32. The van der Waals surface area contributed by atoms with E-state index in [2.05, 4.69) is 5.32 Å².